The summed E-state index contributed by atoms with van der Waals surface area (Å²) in [6, 6.07) is 11.7. The SMILES string of the molecule is CCN(C(=O)CCCCCCCCCCCNC(=O)CCC/C=C\C[C@@H]1[C@@H](CC[C@@H](CCc2ccccc2)O[Si](C)(C)C(C)(C)C)[C@H](O[Si](C)(C)C(C)(C)C)C[C@@H]1O[Si](C)(C)C(C)(C)C)[C@H]1C[C@H](C)S(=O)(=O)c2sc(S(N)(=O)=O)cc21. The maximum Gasteiger partial charge on any atom is 0.247 e. The van der Waals surface area contributed by atoms with Gasteiger partial charge in [-0.05, 0) is 162 Å². The minimum atomic E-state index is -4.08. The van der Waals surface area contributed by atoms with Crippen molar-refractivity contribution in [1.29, 1.82) is 0 Å². The van der Waals surface area contributed by atoms with Crippen LogP contribution in [0.2, 0.25) is 54.4 Å². The predicted molar refractivity (Wildman–Crippen MR) is 346 cm³/mol. The number of amides is 2. The number of fused-ring (bicyclic) bond motifs is 1. The fourth-order valence-corrected chi connectivity index (χ4v) is 19.5. The van der Waals surface area contributed by atoms with E-state index in [9.17, 15) is 26.4 Å². The number of nitrogens with zero attached hydrogens (tertiary/aromatic N) is 1. The van der Waals surface area contributed by atoms with E-state index in [1.54, 1.807) is 11.8 Å². The average Bonchev–Trinajstić information content (AvgIpc) is 4.14. The third-order valence-electron chi connectivity index (χ3n) is 19.1. The number of hydrogen-bond donors (Lipinski definition) is 2. The Morgan fingerprint density at radius 3 is 1.84 bits per heavy atom. The molecule has 7 atom stereocenters. The van der Waals surface area contributed by atoms with Crippen LogP contribution < -0.4 is 10.5 Å². The summed E-state index contributed by atoms with van der Waals surface area (Å²) in [5, 5.41) is 8.10. The molecule has 0 bridgehead atoms. The summed E-state index contributed by atoms with van der Waals surface area (Å²) in [5.41, 5.74) is 1.73. The van der Waals surface area contributed by atoms with Crippen LogP contribution in [0.1, 0.15) is 215 Å². The Balaban J connectivity index is 1.23. The maximum atomic E-state index is 13.4. The van der Waals surface area contributed by atoms with Crippen LogP contribution in [0.15, 0.2) is 57.0 Å². The Morgan fingerprint density at radius 1 is 0.753 bits per heavy atom. The van der Waals surface area contributed by atoms with Gasteiger partial charge in [-0.1, -0.05) is 150 Å². The Morgan fingerprint density at radius 2 is 1.30 bits per heavy atom. The number of benzene rings is 1. The molecule has 1 aromatic heterocycles. The highest BCUT2D eigenvalue weighted by Crippen LogP contribution is 2.50. The van der Waals surface area contributed by atoms with E-state index in [0.717, 1.165) is 109 Å². The molecule has 2 aliphatic rings. The third-order valence-corrected chi connectivity index (χ3v) is 38.0. The molecule has 0 spiro atoms. The van der Waals surface area contributed by atoms with Crippen LogP contribution >= 0.6 is 11.3 Å². The standard InChI is InChI=1S/C63H113N3O9S3Si3/c1-18-66(54-45-48(2)77(69,70)60-53(54)46-59(76-60)78(64,71)72)58(68)39-33-24-22-20-19-21-23-27-34-44-65-57(67)38-32-26-25-31-37-51-52(43-42-50(73-79(12,13)61(3,4)5)41-40-49-35-29-28-30-36-49)56(75-81(16,17)63(9,10)11)47-55(51)74-80(14,15)62(6,7)8/h25,28-31,35-36,46,48,50-52,54-56H,18-24,26-27,32-34,37-45,47H2,1-17H3,(H,65,67)(H2,64,71,72)/b31-25-/t48-,50+,51+,52+,54-,55-,56+/m0/s1. The number of rotatable bonds is 33. The molecule has 12 nitrogen and oxygen atoms in total. The van der Waals surface area contributed by atoms with Crippen LogP contribution in [0.25, 0.3) is 0 Å². The van der Waals surface area contributed by atoms with Crippen LogP contribution in [0.3, 0.4) is 0 Å². The quantitative estimate of drug-likeness (QED) is 0.0401. The number of sulfonamides is 1. The highest BCUT2D eigenvalue weighted by molar-refractivity contribution is 7.95. The summed E-state index contributed by atoms with van der Waals surface area (Å²) in [5.74, 6) is 0.763. The van der Waals surface area contributed by atoms with E-state index in [1.165, 1.54) is 11.6 Å². The molecule has 18 heteroatoms. The van der Waals surface area contributed by atoms with Gasteiger partial charge in [-0.15, -0.1) is 11.3 Å². The third kappa shape index (κ3) is 21.1. The lowest BCUT2D eigenvalue weighted by atomic mass is 9.85. The van der Waals surface area contributed by atoms with Gasteiger partial charge >= 0.3 is 0 Å². The van der Waals surface area contributed by atoms with Gasteiger partial charge in [0.2, 0.25) is 21.8 Å². The molecule has 464 valence electrons. The van der Waals surface area contributed by atoms with E-state index >= 15 is 0 Å². The molecule has 1 aliphatic heterocycles. The second kappa shape index (κ2) is 30.6. The van der Waals surface area contributed by atoms with Gasteiger partial charge < -0.3 is 23.5 Å². The minimum absolute atomic E-state index is 0.00650. The van der Waals surface area contributed by atoms with Crippen LogP contribution in [-0.4, -0.2) is 95.2 Å². The number of carbonyl (C=O) groups excluding carboxylic acids is 2. The first kappa shape index (κ1) is 71.5. The Kier molecular flexibility index (Phi) is 27.0. The first-order valence-electron chi connectivity index (χ1n) is 31.1. The molecule has 4 rings (SSSR count). The molecule has 2 aromatic rings. The zero-order valence-corrected chi connectivity index (χ0v) is 59.1. The number of thiophene rings is 1. The van der Waals surface area contributed by atoms with E-state index < -0.39 is 56.1 Å². The first-order chi connectivity index (χ1) is 37.4. The Labute approximate surface area is 501 Å². The second-order valence-corrected chi connectivity index (χ2v) is 48.2. The van der Waals surface area contributed by atoms with Crippen molar-refractivity contribution in [2.24, 2.45) is 17.0 Å². The van der Waals surface area contributed by atoms with Gasteiger partial charge in [0, 0.05) is 37.6 Å². The van der Waals surface area contributed by atoms with Crippen molar-refractivity contribution in [1.82, 2.24) is 10.2 Å². The fraction of sp³-hybridized carbons (Fsp3) is 0.778. The predicted octanol–water partition coefficient (Wildman–Crippen LogP) is 16.2. The van der Waals surface area contributed by atoms with E-state index in [-0.39, 0.29) is 60.1 Å². The van der Waals surface area contributed by atoms with E-state index in [4.69, 9.17) is 18.4 Å². The molecule has 2 heterocycles. The lowest BCUT2D eigenvalue weighted by Crippen LogP contribution is -2.45. The van der Waals surface area contributed by atoms with Crippen LogP contribution in [-0.2, 0) is 49.1 Å². The molecule has 1 aliphatic carbocycles. The summed E-state index contributed by atoms with van der Waals surface area (Å²) >= 11 is 0.683. The number of nitrogens with one attached hydrogen (secondary N) is 1. The normalized spacial score (nSPS) is 21.6. The largest absolute Gasteiger partial charge is 0.414 e. The number of aryl methyl sites for hydroxylation is 1. The zero-order valence-electron chi connectivity index (χ0n) is 53.6. The molecule has 81 heavy (non-hydrogen) atoms. The first-order valence-corrected chi connectivity index (χ1v) is 43.8. The molecule has 3 N–H and O–H groups in total. The number of unbranched alkanes of at least 4 members (excludes halogenated alkanes) is 9. The zero-order chi connectivity index (χ0) is 60.8. The minimum Gasteiger partial charge on any atom is -0.414 e. The molecule has 2 amide bonds. The van der Waals surface area contributed by atoms with Crippen molar-refractivity contribution in [3.05, 3.63) is 59.7 Å². The summed E-state index contributed by atoms with van der Waals surface area (Å²) in [6.45, 7) is 40.1. The Bertz CT molecular complexity index is 2530. The van der Waals surface area contributed by atoms with Crippen molar-refractivity contribution in [2.45, 2.75) is 297 Å². The van der Waals surface area contributed by atoms with Crippen molar-refractivity contribution in [3.63, 3.8) is 0 Å². The van der Waals surface area contributed by atoms with Crippen LogP contribution in [0.5, 0.6) is 0 Å². The van der Waals surface area contributed by atoms with Gasteiger partial charge in [0.05, 0.1) is 23.5 Å². The van der Waals surface area contributed by atoms with Crippen LogP contribution in [0, 0.1) is 11.8 Å². The summed E-state index contributed by atoms with van der Waals surface area (Å²) in [4.78, 5) is 28.1. The van der Waals surface area contributed by atoms with Gasteiger partial charge in [-0.3, -0.25) is 9.59 Å². The van der Waals surface area contributed by atoms with Crippen molar-refractivity contribution >= 4 is 68.0 Å². The number of hydrogen-bond acceptors (Lipinski definition) is 10. The summed E-state index contributed by atoms with van der Waals surface area (Å²) in [7, 11) is -14.0. The monoisotopic (exact) mass is 1240 g/mol. The second-order valence-electron chi connectivity index (χ2n) is 28.5. The number of carbonyl (C=O) groups is 2. The maximum absolute atomic E-state index is 13.4. The molecule has 0 saturated heterocycles. The van der Waals surface area contributed by atoms with Crippen molar-refractivity contribution in [3.8, 4) is 0 Å². The average molecular weight is 1240 g/mol. The smallest absolute Gasteiger partial charge is 0.247 e. The lowest BCUT2D eigenvalue weighted by molar-refractivity contribution is -0.134. The van der Waals surface area contributed by atoms with Gasteiger partial charge in [-0.25, -0.2) is 22.0 Å². The van der Waals surface area contributed by atoms with Gasteiger partial charge in [0.25, 0.3) is 0 Å². The molecule has 1 fully saturated rings. The number of allylic oxidation sites excluding steroid dienone is 2. The highest BCUT2D eigenvalue weighted by Gasteiger charge is 2.51. The topological polar surface area (TPSA) is 171 Å². The molecular weight excluding hydrogens is 1120 g/mol. The highest BCUT2D eigenvalue weighted by atomic mass is 32.3. The lowest BCUT2D eigenvalue weighted by Gasteiger charge is -2.41. The number of sulfone groups is 1. The van der Waals surface area contributed by atoms with E-state index in [2.05, 4.69) is 149 Å². The summed E-state index contributed by atoms with van der Waals surface area (Å²) in [6.07, 6.45) is 23.2. The summed E-state index contributed by atoms with van der Waals surface area (Å²) < 4.78 is 72.5. The Hall–Kier alpha value is -2.01. The fourth-order valence-electron chi connectivity index (χ4n) is 10.9. The molecule has 1 saturated carbocycles. The van der Waals surface area contributed by atoms with Crippen LogP contribution in [0.4, 0.5) is 0 Å². The molecule has 1 aromatic carbocycles. The number of nitrogens with two attached hydrogens (primary N) is 1. The molecule has 0 radical (unpaired) electrons. The van der Waals surface area contributed by atoms with Gasteiger partial charge in [0.1, 0.15) is 8.42 Å². The van der Waals surface area contributed by atoms with Gasteiger partial charge in [-0.2, -0.15) is 0 Å². The molecule has 0 unspecified atom stereocenters. The number of primary sulfonamides is 1. The van der Waals surface area contributed by atoms with E-state index in [1.807, 2.05) is 6.92 Å². The molecular formula is C63H113N3O9S3Si3. The van der Waals surface area contributed by atoms with Crippen molar-refractivity contribution < 1.29 is 39.7 Å². The van der Waals surface area contributed by atoms with Crippen molar-refractivity contribution in [2.75, 3.05) is 13.1 Å². The van der Waals surface area contributed by atoms with E-state index in [0.29, 0.717) is 54.7 Å². The van der Waals surface area contributed by atoms with Gasteiger partial charge in [0.15, 0.2) is 34.8 Å².